The fourth-order valence-electron chi connectivity index (χ4n) is 3.61. The summed E-state index contributed by atoms with van der Waals surface area (Å²) in [4.78, 5) is 26.6. The van der Waals surface area contributed by atoms with Crippen LogP contribution in [0.1, 0.15) is 28.8 Å². The Kier molecular flexibility index (Phi) is 9.22. The summed E-state index contributed by atoms with van der Waals surface area (Å²) in [5, 5.41) is 5.30. The number of likely N-dealkylation sites (tertiary alicyclic amines) is 1. The summed E-state index contributed by atoms with van der Waals surface area (Å²) >= 11 is 3.16. The van der Waals surface area contributed by atoms with Crippen molar-refractivity contribution < 1.29 is 22.8 Å². The number of alkyl halides is 3. The van der Waals surface area contributed by atoms with Gasteiger partial charge in [-0.2, -0.15) is 13.2 Å². The maximum absolute atomic E-state index is 12.5. The first-order chi connectivity index (χ1) is 15.7. The fourth-order valence-corrected chi connectivity index (χ4v) is 4.48. The number of piperidine rings is 1. The number of benzene rings is 2. The van der Waals surface area contributed by atoms with Gasteiger partial charge in [0.15, 0.2) is 0 Å². The normalized spacial score (nSPS) is 15.3. The molecular formula is C23H25BrF3N3O2S. The highest BCUT2D eigenvalue weighted by Gasteiger charge is 2.29. The molecule has 0 aliphatic carbocycles. The minimum Gasteiger partial charge on any atom is -0.354 e. The number of rotatable bonds is 8. The van der Waals surface area contributed by atoms with Gasteiger partial charge in [-0.3, -0.25) is 14.5 Å². The Balaban J connectivity index is 1.35. The van der Waals surface area contributed by atoms with Crippen LogP contribution in [-0.2, 0) is 11.3 Å². The number of nitrogens with zero attached hydrogens (tertiary/aromatic N) is 1. The minimum atomic E-state index is -4.43. The maximum Gasteiger partial charge on any atom is 0.446 e. The summed E-state index contributed by atoms with van der Waals surface area (Å²) in [6.07, 6.45) is 1.96. The van der Waals surface area contributed by atoms with Crippen molar-refractivity contribution in [3.05, 3.63) is 64.1 Å². The standard InChI is InChI=1S/C23H25BrF3N3O2S/c24-19-6-4-17(5-7-19)15-30-10-8-16(9-11-30)13-28-21(31)14-29-22(32)18-2-1-3-20(12-18)33-23(25,26)27/h1-7,12,16H,8-11,13-15H2,(H,28,31)(H,29,32). The van der Waals surface area contributed by atoms with Gasteiger partial charge in [-0.1, -0.05) is 34.1 Å². The lowest BCUT2D eigenvalue weighted by molar-refractivity contribution is -0.120. The van der Waals surface area contributed by atoms with Crippen LogP contribution in [0.2, 0.25) is 0 Å². The van der Waals surface area contributed by atoms with Gasteiger partial charge in [0.1, 0.15) is 0 Å². The van der Waals surface area contributed by atoms with Crippen molar-refractivity contribution in [2.45, 2.75) is 29.8 Å². The van der Waals surface area contributed by atoms with Crippen LogP contribution in [0, 0.1) is 5.92 Å². The van der Waals surface area contributed by atoms with Crippen LogP contribution in [0.5, 0.6) is 0 Å². The molecule has 1 fully saturated rings. The van der Waals surface area contributed by atoms with Crippen LogP contribution in [0.3, 0.4) is 0 Å². The predicted octanol–water partition coefficient (Wildman–Crippen LogP) is 4.82. The van der Waals surface area contributed by atoms with E-state index in [2.05, 4.69) is 43.6 Å². The molecule has 2 N–H and O–H groups in total. The SMILES string of the molecule is O=C(CNC(=O)c1cccc(SC(F)(F)F)c1)NCC1CCN(Cc2ccc(Br)cc2)CC1. The van der Waals surface area contributed by atoms with Crippen molar-refractivity contribution in [3.8, 4) is 0 Å². The summed E-state index contributed by atoms with van der Waals surface area (Å²) in [6, 6.07) is 13.5. The van der Waals surface area contributed by atoms with E-state index in [4.69, 9.17) is 0 Å². The molecule has 1 saturated heterocycles. The smallest absolute Gasteiger partial charge is 0.354 e. The summed E-state index contributed by atoms with van der Waals surface area (Å²) in [5.74, 6) is -0.528. The van der Waals surface area contributed by atoms with Crippen molar-refractivity contribution in [2.24, 2.45) is 5.92 Å². The lowest BCUT2D eigenvalue weighted by Crippen LogP contribution is -2.41. The highest BCUT2D eigenvalue weighted by Crippen LogP contribution is 2.36. The molecule has 3 rings (SSSR count). The molecule has 2 amide bonds. The molecule has 5 nitrogen and oxygen atoms in total. The molecule has 1 aliphatic heterocycles. The van der Waals surface area contributed by atoms with E-state index < -0.39 is 11.4 Å². The largest absolute Gasteiger partial charge is 0.446 e. The predicted molar refractivity (Wildman–Crippen MR) is 126 cm³/mol. The third-order valence-corrected chi connectivity index (χ3v) is 6.60. The number of halogens is 4. The lowest BCUT2D eigenvalue weighted by atomic mass is 9.96. The zero-order chi connectivity index (χ0) is 23.8. The van der Waals surface area contributed by atoms with Gasteiger partial charge in [0.2, 0.25) is 5.91 Å². The molecule has 0 spiro atoms. The van der Waals surface area contributed by atoms with Gasteiger partial charge in [0.25, 0.3) is 5.91 Å². The van der Waals surface area contributed by atoms with E-state index in [1.54, 1.807) is 0 Å². The van der Waals surface area contributed by atoms with Crippen molar-refractivity contribution >= 4 is 39.5 Å². The Labute approximate surface area is 203 Å². The first-order valence-electron chi connectivity index (χ1n) is 10.6. The molecule has 2 aromatic rings. The van der Waals surface area contributed by atoms with E-state index in [0.717, 1.165) is 43.0 Å². The molecule has 1 aliphatic rings. The lowest BCUT2D eigenvalue weighted by Gasteiger charge is -2.32. The number of carbonyl (C=O) groups is 2. The van der Waals surface area contributed by atoms with Crippen LogP contribution in [0.15, 0.2) is 57.9 Å². The molecular weight excluding hydrogens is 519 g/mol. The van der Waals surface area contributed by atoms with Gasteiger partial charge in [-0.05, 0) is 79.5 Å². The van der Waals surface area contributed by atoms with Gasteiger partial charge in [-0.25, -0.2) is 0 Å². The van der Waals surface area contributed by atoms with Crippen LogP contribution >= 0.6 is 27.7 Å². The van der Waals surface area contributed by atoms with E-state index in [1.165, 1.54) is 23.8 Å². The molecule has 0 unspecified atom stereocenters. The number of hydrogen-bond acceptors (Lipinski definition) is 4. The second-order valence-corrected chi connectivity index (χ2v) is 9.96. The molecule has 0 radical (unpaired) electrons. The topological polar surface area (TPSA) is 61.4 Å². The Morgan fingerprint density at radius 3 is 2.42 bits per heavy atom. The second-order valence-electron chi connectivity index (χ2n) is 7.91. The Bertz CT molecular complexity index is 949. The first-order valence-corrected chi connectivity index (χ1v) is 12.2. The Hall–Kier alpha value is -2.04. The average molecular weight is 544 g/mol. The van der Waals surface area contributed by atoms with Gasteiger partial charge >= 0.3 is 5.51 Å². The zero-order valence-electron chi connectivity index (χ0n) is 17.8. The van der Waals surface area contributed by atoms with E-state index in [-0.39, 0.29) is 34.7 Å². The maximum atomic E-state index is 12.5. The molecule has 1 heterocycles. The zero-order valence-corrected chi connectivity index (χ0v) is 20.2. The minimum absolute atomic E-state index is 0.0777. The van der Waals surface area contributed by atoms with Crippen molar-refractivity contribution in [1.29, 1.82) is 0 Å². The van der Waals surface area contributed by atoms with Crippen LogP contribution in [0.4, 0.5) is 13.2 Å². The summed E-state index contributed by atoms with van der Waals surface area (Å²) < 4.78 is 38.6. The molecule has 0 bridgehead atoms. The first kappa shape index (κ1) is 25.6. The molecule has 0 atom stereocenters. The number of nitrogens with one attached hydrogen (secondary N) is 2. The molecule has 0 aromatic heterocycles. The molecule has 33 heavy (non-hydrogen) atoms. The summed E-state index contributed by atoms with van der Waals surface area (Å²) in [7, 11) is 0. The number of carbonyl (C=O) groups excluding carboxylic acids is 2. The third-order valence-electron chi connectivity index (χ3n) is 5.35. The van der Waals surface area contributed by atoms with Crippen molar-refractivity contribution in [1.82, 2.24) is 15.5 Å². The van der Waals surface area contributed by atoms with Gasteiger partial charge in [-0.15, -0.1) is 0 Å². The summed E-state index contributed by atoms with van der Waals surface area (Å²) in [6.45, 7) is 3.14. The van der Waals surface area contributed by atoms with Crippen molar-refractivity contribution in [3.63, 3.8) is 0 Å². The Morgan fingerprint density at radius 1 is 1.06 bits per heavy atom. The number of thioether (sulfide) groups is 1. The van der Waals surface area contributed by atoms with Crippen molar-refractivity contribution in [2.75, 3.05) is 26.2 Å². The molecule has 2 aromatic carbocycles. The van der Waals surface area contributed by atoms with Gasteiger partial charge in [0.05, 0.1) is 6.54 Å². The fraction of sp³-hybridized carbons (Fsp3) is 0.391. The van der Waals surface area contributed by atoms with Gasteiger partial charge < -0.3 is 10.6 Å². The third kappa shape index (κ3) is 9.02. The highest BCUT2D eigenvalue weighted by molar-refractivity contribution is 9.10. The van der Waals surface area contributed by atoms with Gasteiger partial charge in [0, 0.05) is 28.0 Å². The number of hydrogen-bond donors (Lipinski definition) is 2. The van der Waals surface area contributed by atoms with Crippen LogP contribution in [0.25, 0.3) is 0 Å². The Morgan fingerprint density at radius 2 is 1.76 bits per heavy atom. The average Bonchev–Trinajstić information content (AvgIpc) is 2.77. The highest BCUT2D eigenvalue weighted by atomic mass is 79.9. The van der Waals surface area contributed by atoms with E-state index in [9.17, 15) is 22.8 Å². The molecule has 178 valence electrons. The molecule has 10 heteroatoms. The summed E-state index contributed by atoms with van der Waals surface area (Å²) in [5.41, 5.74) is -3.08. The van der Waals surface area contributed by atoms with Crippen LogP contribution in [-0.4, -0.2) is 48.4 Å². The quantitative estimate of drug-likeness (QED) is 0.468. The monoisotopic (exact) mass is 543 g/mol. The van der Waals surface area contributed by atoms with E-state index in [1.807, 2.05) is 12.1 Å². The molecule has 0 saturated carbocycles. The number of amides is 2. The van der Waals surface area contributed by atoms with E-state index >= 15 is 0 Å². The second kappa shape index (κ2) is 11.9. The van der Waals surface area contributed by atoms with Crippen LogP contribution < -0.4 is 10.6 Å². The van der Waals surface area contributed by atoms with E-state index in [0.29, 0.717) is 12.5 Å².